The summed E-state index contributed by atoms with van der Waals surface area (Å²) in [5, 5.41) is 0. The molecule has 0 aliphatic carbocycles. The van der Waals surface area contributed by atoms with E-state index in [2.05, 4.69) is 32.7 Å². The molecule has 0 saturated heterocycles. The van der Waals surface area contributed by atoms with Crippen LogP contribution in [0, 0.1) is 0 Å². The van der Waals surface area contributed by atoms with Gasteiger partial charge in [-0.25, -0.2) is 4.79 Å². The van der Waals surface area contributed by atoms with Crippen molar-refractivity contribution < 1.29 is 14.3 Å². The lowest BCUT2D eigenvalue weighted by molar-refractivity contribution is 0.0734. The van der Waals surface area contributed by atoms with E-state index in [1.165, 1.54) is 102 Å². The summed E-state index contributed by atoms with van der Waals surface area (Å²) in [6.07, 6.45) is 23.8. The molecule has 4 nitrogen and oxygen atoms in total. The SMILES string of the molecule is CCCCCCCCCCCCCCCCCCOc1ccc(C=Nc2ccc(C(=O)Oc3ccc(C(C)(C)C)cc3)cc2)cc1. The lowest BCUT2D eigenvalue weighted by Crippen LogP contribution is -2.11. The maximum Gasteiger partial charge on any atom is 0.343 e. The van der Waals surface area contributed by atoms with Crippen LogP contribution >= 0.6 is 0 Å². The zero-order chi connectivity index (χ0) is 32.9. The monoisotopic (exact) mass is 625 g/mol. The second kappa shape index (κ2) is 21.4. The van der Waals surface area contributed by atoms with E-state index in [4.69, 9.17) is 9.47 Å². The minimum atomic E-state index is -0.380. The standard InChI is InChI=1S/C42H59NO3/c1-5-6-7-8-9-10-11-12-13-14-15-16-17-18-19-20-33-45-39-29-21-35(22-30-39)34-43-38-27-23-36(24-28-38)41(44)46-40-31-25-37(26-32-40)42(2,3)4/h21-32,34H,5-20,33H2,1-4H3. The minimum absolute atomic E-state index is 0.0553. The Hall–Kier alpha value is -3.40. The van der Waals surface area contributed by atoms with Gasteiger partial charge in [-0.2, -0.15) is 0 Å². The second-order valence-corrected chi connectivity index (χ2v) is 13.7. The summed E-state index contributed by atoms with van der Waals surface area (Å²) in [4.78, 5) is 17.1. The highest BCUT2D eigenvalue weighted by Crippen LogP contribution is 2.25. The highest BCUT2D eigenvalue weighted by Gasteiger charge is 2.14. The van der Waals surface area contributed by atoms with Gasteiger partial charge in [-0.15, -0.1) is 0 Å². The van der Waals surface area contributed by atoms with Crippen molar-refractivity contribution in [2.24, 2.45) is 4.99 Å². The Labute approximate surface area is 280 Å². The molecule has 0 aromatic heterocycles. The number of hydrogen-bond donors (Lipinski definition) is 0. The zero-order valence-corrected chi connectivity index (χ0v) is 29.2. The third kappa shape index (κ3) is 15.3. The van der Waals surface area contributed by atoms with E-state index >= 15 is 0 Å². The Morgan fingerprint density at radius 3 is 1.59 bits per heavy atom. The average Bonchev–Trinajstić information content (AvgIpc) is 3.06. The van der Waals surface area contributed by atoms with Gasteiger partial charge in [0.05, 0.1) is 17.9 Å². The van der Waals surface area contributed by atoms with E-state index in [1.807, 2.05) is 66.9 Å². The first-order valence-electron chi connectivity index (χ1n) is 18.0. The third-order valence-corrected chi connectivity index (χ3v) is 8.54. The van der Waals surface area contributed by atoms with Gasteiger partial charge in [0, 0.05) is 6.21 Å². The maximum absolute atomic E-state index is 12.6. The van der Waals surface area contributed by atoms with Gasteiger partial charge in [0.1, 0.15) is 11.5 Å². The Morgan fingerprint density at radius 1 is 0.609 bits per heavy atom. The molecule has 0 heterocycles. The molecule has 0 fully saturated rings. The third-order valence-electron chi connectivity index (χ3n) is 8.54. The maximum atomic E-state index is 12.6. The number of unbranched alkanes of at least 4 members (excludes halogenated alkanes) is 15. The van der Waals surface area contributed by atoms with Crippen LogP contribution in [0.1, 0.15) is 152 Å². The van der Waals surface area contributed by atoms with Gasteiger partial charge < -0.3 is 9.47 Å². The normalized spacial score (nSPS) is 11.7. The molecule has 0 atom stereocenters. The molecule has 3 aromatic rings. The summed E-state index contributed by atoms with van der Waals surface area (Å²) in [7, 11) is 0. The molecule has 0 spiro atoms. The zero-order valence-electron chi connectivity index (χ0n) is 29.2. The predicted molar refractivity (Wildman–Crippen MR) is 195 cm³/mol. The number of ether oxygens (including phenoxy) is 2. The van der Waals surface area contributed by atoms with Crippen LogP contribution in [-0.2, 0) is 5.41 Å². The number of aliphatic imine (C=N–C) groups is 1. The second-order valence-electron chi connectivity index (χ2n) is 13.7. The van der Waals surface area contributed by atoms with Crippen LogP contribution in [-0.4, -0.2) is 18.8 Å². The molecule has 0 aliphatic rings. The number of carbonyl (C=O) groups excluding carboxylic acids is 1. The van der Waals surface area contributed by atoms with Gasteiger partial charge in [0.2, 0.25) is 0 Å². The number of hydrogen-bond acceptors (Lipinski definition) is 4. The molecule has 0 saturated carbocycles. The summed E-state index contributed by atoms with van der Waals surface area (Å²) >= 11 is 0. The van der Waals surface area contributed by atoms with Crippen LogP contribution in [0.2, 0.25) is 0 Å². The molecule has 4 heteroatoms. The average molecular weight is 626 g/mol. The summed E-state index contributed by atoms with van der Waals surface area (Å²) < 4.78 is 11.5. The van der Waals surface area contributed by atoms with E-state index in [0.717, 1.165) is 30.0 Å². The highest BCUT2D eigenvalue weighted by atomic mass is 16.5. The quantitative estimate of drug-likeness (QED) is 0.0483. The summed E-state index contributed by atoms with van der Waals surface area (Å²) in [6.45, 7) is 9.53. The van der Waals surface area contributed by atoms with E-state index in [1.54, 1.807) is 12.1 Å². The van der Waals surface area contributed by atoms with Crippen LogP contribution < -0.4 is 9.47 Å². The molecule has 0 amide bonds. The van der Waals surface area contributed by atoms with Crippen molar-refractivity contribution in [3.8, 4) is 11.5 Å². The Bertz CT molecular complexity index is 1250. The summed E-state index contributed by atoms with van der Waals surface area (Å²) in [6, 6.07) is 22.9. The first kappa shape index (κ1) is 37.1. The van der Waals surface area contributed by atoms with Crippen molar-refractivity contribution in [2.45, 2.75) is 136 Å². The van der Waals surface area contributed by atoms with E-state index in [9.17, 15) is 4.79 Å². The number of rotatable bonds is 22. The van der Waals surface area contributed by atoms with E-state index in [0.29, 0.717) is 11.3 Å². The van der Waals surface area contributed by atoms with Crippen molar-refractivity contribution in [2.75, 3.05) is 6.61 Å². The molecule has 3 aromatic carbocycles. The van der Waals surface area contributed by atoms with Crippen LogP contribution in [0.25, 0.3) is 0 Å². The highest BCUT2D eigenvalue weighted by molar-refractivity contribution is 5.91. The molecule has 250 valence electrons. The molecular formula is C42H59NO3. The largest absolute Gasteiger partial charge is 0.494 e. The number of benzene rings is 3. The summed E-state index contributed by atoms with van der Waals surface area (Å²) in [5.74, 6) is 1.06. The Balaban J connectivity index is 1.23. The molecule has 0 unspecified atom stereocenters. The van der Waals surface area contributed by atoms with Gasteiger partial charge in [0.15, 0.2) is 0 Å². The molecule has 3 rings (SSSR count). The lowest BCUT2D eigenvalue weighted by atomic mass is 9.87. The van der Waals surface area contributed by atoms with Crippen LogP contribution in [0.3, 0.4) is 0 Å². The number of esters is 1. The smallest absolute Gasteiger partial charge is 0.343 e. The molecule has 0 radical (unpaired) electrons. The van der Waals surface area contributed by atoms with Gasteiger partial charge in [-0.1, -0.05) is 136 Å². The summed E-state index contributed by atoms with van der Waals surface area (Å²) in [5.41, 5.74) is 3.51. The van der Waals surface area contributed by atoms with Crippen molar-refractivity contribution in [3.05, 3.63) is 89.5 Å². The number of carbonyl (C=O) groups is 1. The molecule has 0 N–H and O–H groups in total. The minimum Gasteiger partial charge on any atom is -0.494 e. The van der Waals surface area contributed by atoms with E-state index in [-0.39, 0.29) is 11.4 Å². The fraction of sp³-hybridized carbons (Fsp3) is 0.524. The van der Waals surface area contributed by atoms with Crippen LogP contribution in [0.15, 0.2) is 77.8 Å². The van der Waals surface area contributed by atoms with Crippen molar-refractivity contribution >= 4 is 17.9 Å². The molecular weight excluding hydrogens is 566 g/mol. The van der Waals surface area contributed by atoms with Crippen molar-refractivity contribution in [1.29, 1.82) is 0 Å². The van der Waals surface area contributed by atoms with Gasteiger partial charge >= 0.3 is 5.97 Å². The molecule has 0 bridgehead atoms. The topological polar surface area (TPSA) is 47.9 Å². The van der Waals surface area contributed by atoms with Gasteiger partial charge in [0.25, 0.3) is 0 Å². The Morgan fingerprint density at radius 2 is 1.09 bits per heavy atom. The van der Waals surface area contributed by atoms with Gasteiger partial charge in [-0.3, -0.25) is 4.99 Å². The lowest BCUT2D eigenvalue weighted by Gasteiger charge is -2.19. The number of nitrogens with zero attached hydrogens (tertiary/aromatic N) is 1. The fourth-order valence-electron chi connectivity index (χ4n) is 5.51. The first-order chi connectivity index (χ1) is 22.3. The van der Waals surface area contributed by atoms with E-state index < -0.39 is 0 Å². The Kier molecular flexibility index (Phi) is 17.2. The van der Waals surface area contributed by atoms with Gasteiger partial charge in [-0.05, 0) is 83.6 Å². The van der Waals surface area contributed by atoms with Crippen molar-refractivity contribution in [1.82, 2.24) is 0 Å². The molecule has 0 aliphatic heterocycles. The van der Waals surface area contributed by atoms with Crippen LogP contribution in [0.4, 0.5) is 5.69 Å². The first-order valence-corrected chi connectivity index (χ1v) is 18.0. The molecule has 46 heavy (non-hydrogen) atoms. The fourth-order valence-corrected chi connectivity index (χ4v) is 5.51. The van der Waals surface area contributed by atoms with Crippen molar-refractivity contribution in [3.63, 3.8) is 0 Å². The van der Waals surface area contributed by atoms with Crippen LogP contribution in [0.5, 0.6) is 11.5 Å². The predicted octanol–water partition coefficient (Wildman–Crippen LogP) is 12.6.